The molecule has 1 spiro atoms. The molecule has 16 nitrogen and oxygen atoms in total. The molecular formula is C35H50O16. The Kier molecular flexibility index (Phi) is 10.4. The highest BCUT2D eigenvalue weighted by atomic mass is 16.7. The summed E-state index contributed by atoms with van der Waals surface area (Å²) < 4.78 is 34.6. The Hall–Kier alpha value is -2.96. The Balaban J connectivity index is 1.70. The number of carboxylic acids is 1. The van der Waals surface area contributed by atoms with E-state index in [0.717, 1.165) is 0 Å². The van der Waals surface area contributed by atoms with E-state index in [0.29, 0.717) is 5.56 Å². The average Bonchev–Trinajstić information content (AvgIpc) is 3.62. The van der Waals surface area contributed by atoms with Gasteiger partial charge in [-0.3, -0.25) is 14.4 Å². The minimum absolute atomic E-state index is 0.0801. The zero-order valence-electron chi connectivity index (χ0n) is 29.8. The number of rotatable bonds is 11. The molecule has 4 aliphatic rings. The molecular weight excluding hydrogens is 676 g/mol. The maximum Gasteiger partial charge on any atom is 0.335 e. The van der Waals surface area contributed by atoms with E-state index in [1.165, 1.54) is 40.4 Å². The van der Waals surface area contributed by atoms with Crippen LogP contribution in [0.2, 0.25) is 0 Å². The number of furan rings is 1. The minimum atomic E-state index is -1.85. The summed E-state index contributed by atoms with van der Waals surface area (Å²) in [5, 5.41) is 63.9. The number of methoxy groups -OCH3 is 1. The summed E-state index contributed by atoms with van der Waals surface area (Å²) in [5.41, 5.74) is -7.51. The van der Waals surface area contributed by atoms with Crippen LogP contribution >= 0.6 is 0 Å². The summed E-state index contributed by atoms with van der Waals surface area (Å²) in [6.45, 7) is 8.51. The topological polar surface area (TPSA) is 252 Å². The lowest BCUT2D eigenvalue weighted by Gasteiger charge is -2.66. The smallest absolute Gasteiger partial charge is 0.335 e. The van der Waals surface area contributed by atoms with Gasteiger partial charge in [-0.1, -0.05) is 13.8 Å². The first kappa shape index (κ1) is 39.3. The third-order valence-corrected chi connectivity index (χ3v) is 12.6. The van der Waals surface area contributed by atoms with Gasteiger partial charge < -0.3 is 58.7 Å². The minimum Gasteiger partial charge on any atom is -0.479 e. The molecule has 14 unspecified atom stereocenters. The Morgan fingerprint density at radius 1 is 1.10 bits per heavy atom. The van der Waals surface area contributed by atoms with Gasteiger partial charge in [-0.15, -0.1) is 0 Å². The first-order valence-corrected chi connectivity index (χ1v) is 17.0. The monoisotopic (exact) mass is 726 g/mol. The lowest BCUT2D eigenvalue weighted by molar-refractivity contribution is -0.329. The van der Waals surface area contributed by atoms with Crippen molar-refractivity contribution in [3.8, 4) is 0 Å². The Morgan fingerprint density at radius 2 is 1.76 bits per heavy atom. The predicted octanol–water partition coefficient (Wildman–Crippen LogP) is 0.643. The van der Waals surface area contributed by atoms with Crippen molar-refractivity contribution >= 4 is 23.7 Å². The zero-order chi connectivity index (χ0) is 38.1. The number of carboxylic acid groups (broad SMARTS) is 1. The lowest BCUT2D eigenvalue weighted by Crippen LogP contribution is -2.72. The van der Waals surface area contributed by atoms with Crippen molar-refractivity contribution in [3.63, 3.8) is 0 Å². The van der Waals surface area contributed by atoms with Crippen LogP contribution in [0.1, 0.15) is 78.9 Å². The molecule has 286 valence electrons. The second-order valence-electron chi connectivity index (χ2n) is 15.6. The van der Waals surface area contributed by atoms with Crippen LogP contribution in [0, 0.1) is 28.1 Å². The van der Waals surface area contributed by atoms with Crippen molar-refractivity contribution in [1.29, 1.82) is 0 Å². The molecule has 2 aliphatic heterocycles. The number of aliphatic hydroxyl groups excluding tert-OH is 4. The first-order valence-electron chi connectivity index (χ1n) is 17.0. The van der Waals surface area contributed by atoms with E-state index in [4.69, 9.17) is 28.1 Å². The number of ether oxygens (including phenoxy) is 5. The summed E-state index contributed by atoms with van der Waals surface area (Å²) in [7, 11) is 1.18. The summed E-state index contributed by atoms with van der Waals surface area (Å²) in [6.07, 6.45) is -10.1. The number of esters is 2. The number of aliphatic carboxylic acids is 1. The molecule has 0 aromatic carbocycles. The summed E-state index contributed by atoms with van der Waals surface area (Å²) in [6, 6.07) is 1.55. The molecule has 0 amide bonds. The molecule has 5 rings (SSSR count). The van der Waals surface area contributed by atoms with Crippen LogP contribution in [0.3, 0.4) is 0 Å². The van der Waals surface area contributed by atoms with Crippen LogP contribution in [0.4, 0.5) is 0 Å². The van der Waals surface area contributed by atoms with Crippen molar-refractivity contribution in [1.82, 2.24) is 0 Å². The summed E-state index contributed by atoms with van der Waals surface area (Å²) >= 11 is 0. The maximum atomic E-state index is 14.8. The third kappa shape index (κ3) is 5.91. The van der Waals surface area contributed by atoms with Crippen LogP contribution in [-0.4, -0.2) is 122 Å². The van der Waals surface area contributed by atoms with Crippen LogP contribution in [0.15, 0.2) is 23.0 Å². The number of ketones is 1. The Morgan fingerprint density at radius 3 is 2.27 bits per heavy atom. The van der Waals surface area contributed by atoms with Crippen molar-refractivity contribution < 1.29 is 77.9 Å². The molecule has 6 N–H and O–H groups in total. The van der Waals surface area contributed by atoms with Crippen LogP contribution < -0.4 is 0 Å². The number of Topliss-reactive ketones (excluding diaryl/α,β-unsaturated/α-hetero) is 1. The number of fused-ring (bicyclic) bond motifs is 2. The van der Waals surface area contributed by atoms with Gasteiger partial charge in [0.1, 0.15) is 41.9 Å². The Bertz CT molecular complexity index is 1490. The molecule has 0 bridgehead atoms. The average molecular weight is 727 g/mol. The number of aliphatic hydroxyl groups is 5. The first-order chi connectivity index (χ1) is 23.7. The fourth-order valence-corrected chi connectivity index (χ4v) is 10.1. The molecule has 4 fully saturated rings. The molecule has 2 saturated carbocycles. The lowest BCUT2D eigenvalue weighted by atomic mass is 9.37. The number of epoxide rings is 1. The van der Waals surface area contributed by atoms with E-state index < -0.39 is 125 Å². The number of carbonyl (C=O) groups excluding carboxylic acids is 3. The number of hydrogen-bond donors (Lipinski definition) is 6. The van der Waals surface area contributed by atoms with Gasteiger partial charge in [0, 0.05) is 35.7 Å². The van der Waals surface area contributed by atoms with Gasteiger partial charge in [-0.25, -0.2) is 4.79 Å². The molecule has 1 aromatic heterocycles. The van der Waals surface area contributed by atoms with Gasteiger partial charge in [0.25, 0.3) is 0 Å². The van der Waals surface area contributed by atoms with Gasteiger partial charge in [0.05, 0.1) is 49.8 Å². The summed E-state index contributed by atoms with van der Waals surface area (Å²) in [4.78, 5) is 53.2. The maximum absolute atomic E-state index is 14.8. The fourth-order valence-electron chi connectivity index (χ4n) is 10.1. The van der Waals surface area contributed by atoms with Crippen LogP contribution in [0.5, 0.6) is 0 Å². The van der Waals surface area contributed by atoms with Gasteiger partial charge in [-0.2, -0.15) is 0 Å². The fraction of sp³-hybridized carbons (Fsp3) is 0.771. The number of hydrogen-bond acceptors (Lipinski definition) is 15. The van der Waals surface area contributed by atoms with E-state index in [1.807, 2.05) is 0 Å². The standard InChI is InChI=1S/C35H50O16/c1-16(37)48-22(13-23(39)46-7)33(5)19-8-10-32(4,35(28(51-35)29(43)44)34(19,6)21(38)12-20(33)31(2,3)45)27(17-9-11-47-15-17)50-30-26(42)25(41)24(40)18(14-36)49-30/h9,11,15,18-20,22,24-28,30,36,40-42,45H,8,10,12-14H2,1-7H3,(H,43,44). The van der Waals surface area contributed by atoms with Crippen molar-refractivity contribution in [2.24, 2.45) is 28.1 Å². The van der Waals surface area contributed by atoms with E-state index in [1.54, 1.807) is 26.8 Å². The Labute approximate surface area is 294 Å². The van der Waals surface area contributed by atoms with E-state index >= 15 is 0 Å². The van der Waals surface area contributed by atoms with Crippen LogP contribution in [-0.2, 0) is 42.9 Å². The van der Waals surface area contributed by atoms with Gasteiger partial charge in [0.2, 0.25) is 0 Å². The van der Waals surface area contributed by atoms with Crippen molar-refractivity contribution in [3.05, 3.63) is 24.2 Å². The van der Waals surface area contributed by atoms with E-state index in [9.17, 15) is 49.8 Å². The molecule has 0 radical (unpaired) electrons. The molecule has 3 heterocycles. The van der Waals surface area contributed by atoms with Gasteiger partial charge in [0.15, 0.2) is 12.4 Å². The highest BCUT2D eigenvalue weighted by Crippen LogP contribution is 2.77. The molecule has 2 aliphatic carbocycles. The van der Waals surface area contributed by atoms with Gasteiger partial charge >= 0.3 is 17.9 Å². The highest BCUT2D eigenvalue weighted by Gasteiger charge is 2.86. The second kappa shape index (κ2) is 13.5. The zero-order valence-corrected chi connectivity index (χ0v) is 29.8. The van der Waals surface area contributed by atoms with Crippen molar-refractivity contribution in [2.45, 2.75) is 127 Å². The SMILES string of the molecule is COC(=O)CC(OC(C)=O)C1(C)C(C(C)(C)O)CC(=O)C2(C)C1CCC(C)(C(OC1OC(CO)C(O)C(O)C1O)c1ccoc1)C21OC1C(=O)O. The van der Waals surface area contributed by atoms with E-state index in [-0.39, 0.29) is 19.3 Å². The summed E-state index contributed by atoms with van der Waals surface area (Å²) in [5.74, 6) is -4.95. The molecule has 51 heavy (non-hydrogen) atoms. The van der Waals surface area contributed by atoms with Crippen LogP contribution in [0.25, 0.3) is 0 Å². The second-order valence-corrected chi connectivity index (χ2v) is 15.6. The molecule has 16 heteroatoms. The van der Waals surface area contributed by atoms with Gasteiger partial charge in [-0.05, 0) is 45.6 Å². The largest absolute Gasteiger partial charge is 0.479 e. The quantitative estimate of drug-likeness (QED) is 0.135. The van der Waals surface area contributed by atoms with Crippen molar-refractivity contribution in [2.75, 3.05) is 13.7 Å². The predicted molar refractivity (Wildman–Crippen MR) is 170 cm³/mol. The molecule has 14 atom stereocenters. The molecule has 1 aromatic rings. The normalized spacial score (nSPS) is 42.1. The molecule has 2 saturated heterocycles. The van der Waals surface area contributed by atoms with E-state index in [2.05, 4.69) is 0 Å². The highest BCUT2D eigenvalue weighted by molar-refractivity contribution is 5.92. The third-order valence-electron chi connectivity index (χ3n) is 12.6. The number of carbonyl (C=O) groups is 4.